The molecule has 0 aromatic carbocycles. The number of esters is 1. The van der Waals surface area contributed by atoms with Gasteiger partial charge >= 0.3 is 5.97 Å². The van der Waals surface area contributed by atoms with E-state index in [4.69, 9.17) is 0 Å². The van der Waals surface area contributed by atoms with E-state index in [0.29, 0.717) is 0 Å². The van der Waals surface area contributed by atoms with Crippen molar-refractivity contribution in [2.24, 2.45) is 5.92 Å². The topological polar surface area (TPSA) is 26.3 Å². The van der Waals surface area contributed by atoms with Crippen LogP contribution in [-0.4, -0.2) is 5.97 Å². The highest BCUT2D eigenvalue weighted by Gasteiger charge is 2.09. The van der Waals surface area contributed by atoms with E-state index < -0.39 is 0 Å². The molecule has 0 heterocycles. The quantitative estimate of drug-likeness (QED) is 0.466. The zero-order chi connectivity index (χ0) is 9.28. The SMILES string of the molecule is C=COC(=O)C(C)CC.CC. The lowest BCUT2D eigenvalue weighted by Crippen LogP contribution is -2.10. The molecule has 0 saturated heterocycles. The highest BCUT2D eigenvalue weighted by Crippen LogP contribution is 2.02. The molecule has 2 nitrogen and oxygen atoms in total. The second-order valence-corrected chi connectivity index (χ2v) is 1.91. The van der Waals surface area contributed by atoms with Crippen molar-refractivity contribution in [1.82, 2.24) is 0 Å². The maximum atomic E-state index is 10.7. The first-order valence-corrected chi connectivity index (χ1v) is 4.03. The maximum absolute atomic E-state index is 10.7. The standard InChI is InChI=1S/C7H12O2.C2H6/c1-4-6(3)7(8)9-5-2;1-2/h5-6H,2,4H2,1,3H3;1-2H3. The van der Waals surface area contributed by atoms with Crippen LogP contribution in [0.1, 0.15) is 34.1 Å². The minimum Gasteiger partial charge on any atom is -0.435 e. The molecule has 0 fully saturated rings. The smallest absolute Gasteiger partial charge is 0.313 e. The molecule has 0 rings (SSSR count). The van der Waals surface area contributed by atoms with E-state index in [0.717, 1.165) is 12.7 Å². The zero-order valence-corrected chi connectivity index (χ0v) is 7.89. The fourth-order valence-electron chi connectivity index (χ4n) is 0.365. The van der Waals surface area contributed by atoms with Crippen LogP contribution in [0.15, 0.2) is 12.8 Å². The number of hydrogen-bond donors (Lipinski definition) is 0. The van der Waals surface area contributed by atoms with Crippen LogP contribution in [0.5, 0.6) is 0 Å². The average Bonchev–Trinajstić information content (AvgIpc) is 2.07. The second kappa shape index (κ2) is 9.21. The van der Waals surface area contributed by atoms with Crippen LogP contribution in [0, 0.1) is 5.92 Å². The summed E-state index contributed by atoms with van der Waals surface area (Å²) in [4.78, 5) is 10.7. The molecule has 0 radical (unpaired) electrons. The molecule has 1 atom stereocenters. The lowest BCUT2D eigenvalue weighted by atomic mass is 10.1. The number of carbonyl (C=O) groups is 1. The average molecular weight is 158 g/mol. The van der Waals surface area contributed by atoms with Gasteiger partial charge in [0.05, 0.1) is 12.2 Å². The summed E-state index contributed by atoms with van der Waals surface area (Å²) in [5.41, 5.74) is 0. The van der Waals surface area contributed by atoms with Gasteiger partial charge in [-0.25, -0.2) is 0 Å². The lowest BCUT2D eigenvalue weighted by Gasteiger charge is -2.03. The van der Waals surface area contributed by atoms with Gasteiger partial charge in [0.15, 0.2) is 0 Å². The third-order valence-electron chi connectivity index (χ3n) is 1.21. The van der Waals surface area contributed by atoms with Crippen LogP contribution in [0.4, 0.5) is 0 Å². The third kappa shape index (κ3) is 7.10. The summed E-state index contributed by atoms with van der Waals surface area (Å²) in [5, 5.41) is 0. The Hall–Kier alpha value is -0.790. The molecular weight excluding hydrogens is 140 g/mol. The Balaban J connectivity index is 0. The largest absolute Gasteiger partial charge is 0.435 e. The Kier molecular flexibility index (Phi) is 10.8. The highest BCUT2D eigenvalue weighted by atomic mass is 16.5. The van der Waals surface area contributed by atoms with Gasteiger partial charge < -0.3 is 4.74 Å². The van der Waals surface area contributed by atoms with Crippen molar-refractivity contribution in [2.45, 2.75) is 34.1 Å². The van der Waals surface area contributed by atoms with Crippen molar-refractivity contribution in [2.75, 3.05) is 0 Å². The summed E-state index contributed by atoms with van der Waals surface area (Å²) in [6.45, 7) is 11.0. The van der Waals surface area contributed by atoms with Gasteiger partial charge in [-0.3, -0.25) is 4.79 Å². The summed E-state index contributed by atoms with van der Waals surface area (Å²) >= 11 is 0. The monoisotopic (exact) mass is 158 g/mol. The molecule has 0 saturated carbocycles. The van der Waals surface area contributed by atoms with Crippen LogP contribution in [0.25, 0.3) is 0 Å². The van der Waals surface area contributed by atoms with Crippen molar-refractivity contribution in [3.05, 3.63) is 12.8 Å². The molecule has 0 aromatic heterocycles. The molecular formula is C9H18O2. The third-order valence-corrected chi connectivity index (χ3v) is 1.21. The van der Waals surface area contributed by atoms with Crippen molar-refractivity contribution in [3.63, 3.8) is 0 Å². The summed E-state index contributed by atoms with van der Waals surface area (Å²) in [6.07, 6.45) is 1.97. The molecule has 0 aromatic rings. The van der Waals surface area contributed by atoms with Gasteiger partial charge in [-0.15, -0.1) is 0 Å². The summed E-state index contributed by atoms with van der Waals surface area (Å²) < 4.78 is 4.52. The van der Waals surface area contributed by atoms with Gasteiger partial charge in [0.25, 0.3) is 0 Å². The Morgan fingerprint density at radius 3 is 2.36 bits per heavy atom. The molecule has 0 aliphatic heterocycles. The molecule has 11 heavy (non-hydrogen) atoms. The van der Waals surface area contributed by atoms with E-state index >= 15 is 0 Å². The molecule has 2 heteroatoms. The summed E-state index contributed by atoms with van der Waals surface area (Å²) in [7, 11) is 0. The molecule has 0 aliphatic rings. The minimum atomic E-state index is -0.201. The van der Waals surface area contributed by atoms with Gasteiger partial charge in [0.2, 0.25) is 0 Å². The fourth-order valence-corrected chi connectivity index (χ4v) is 0.365. The fraction of sp³-hybridized carbons (Fsp3) is 0.667. The van der Waals surface area contributed by atoms with E-state index in [-0.39, 0.29) is 11.9 Å². The van der Waals surface area contributed by atoms with Crippen LogP contribution in [0.3, 0.4) is 0 Å². The van der Waals surface area contributed by atoms with E-state index in [2.05, 4.69) is 11.3 Å². The predicted octanol–water partition coefficient (Wildman–Crippen LogP) is 2.75. The van der Waals surface area contributed by atoms with Crippen molar-refractivity contribution in [3.8, 4) is 0 Å². The Labute approximate surface area is 69.3 Å². The number of rotatable bonds is 3. The van der Waals surface area contributed by atoms with Gasteiger partial charge in [-0.05, 0) is 6.42 Å². The highest BCUT2D eigenvalue weighted by molar-refractivity contribution is 5.72. The van der Waals surface area contributed by atoms with E-state index in [1.54, 1.807) is 0 Å². The first-order valence-electron chi connectivity index (χ1n) is 4.03. The van der Waals surface area contributed by atoms with Crippen LogP contribution in [0.2, 0.25) is 0 Å². The van der Waals surface area contributed by atoms with Gasteiger partial charge in [0.1, 0.15) is 0 Å². The summed E-state index contributed by atoms with van der Waals surface area (Å²) in [5.74, 6) is -0.213. The molecule has 0 spiro atoms. The van der Waals surface area contributed by atoms with Crippen LogP contribution < -0.4 is 0 Å². The zero-order valence-electron chi connectivity index (χ0n) is 7.89. The Morgan fingerprint density at radius 1 is 1.64 bits per heavy atom. The number of carbonyl (C=O) groups excluding carboxylic acids is 1. The second-order valence-electron chi connectivity index (χ2n) is 1.91. The Bertz CT molecular complexity index is 108. The first kappa shape index (κ1) is 12.8. The normalized spacial score (nSPS) is 10.5. The Morgan fingerprint density at radius 2 is 2.09 bits per heavy atom. The number of ether oxygens (including phenoxy) is 1. The van der Waals surface area contributed by atoms with Crippen LogP contribution in [-0.2, 0) is 9.53 Å². The molecule has 1 unspecified atom stereocenters. The van der Waals surface area contributed by atoms with E-state index in [9.17, 15) is 4.79 Å². The molecule has 66 valence electrons. The maximum Gasteiger partial charge on any atom is 0.313 e. The van der Waals surface area contributed by atoms with Crippen molar-refractivity contribution >= 4 is 5.97 Å². The lowest BCUT2D eigenvalue weighted by molar-refractivity contribution is -0.142. The number of hydrogen-bond acceptors (Lipinski definition) is 2. The molecule has 0 bridgehead atoms. The first-order chi connectivity index (χ1) is 5.22. The van der Waals surface area contributed by atoms with Crippen molar-refractivity contribution in [1.29, 1.82) is 0 Å². The molecule has 0 N–H and O–H groups in total. The van der Waals surface area contributed by atoms with Gasteiger partial charge in [0, 0.05) is 0 Å². The minimum absolute atomic E-state index is 0.0111. The van der Waals surface area contributed by atoms with Crippen molar-refractivity contribution < 1.29 is 9.53 Å². The van der Waals surface area contributed by atoms with E-state index in [1.807, 2.05) is 27.7 Å². The van der Waals surface area contributed by atoms with Crippen LogP contribution >= 0.6 is 0 Å². The van der Waals surface area contributed by atoms with E-state index in [1.165, 1.54) is 0 Å². The van der Waals surface area contributed by atoms with Gasteiger partial charge in [-0.1, -0.05) is 34.3 Å². The van der Waals surface area contributed by atoms with Gasteiger partial charge in [-0.2, -0.15) is 0 Å². The predicted molar refractivity (Wildman–Crippen MR) is 47.1 cm³/mol. The summed E-state index contributed by atoms with van der Waals surface area (Å²) in [6, 6.07) is 0. The molecule has 0 aliphatic carbocycles. The molecule has 0 amide bonds.